The van der Waals surface area contributed by atoms with Crippen molar-refractivity contribution in [2.24, 2.45) is 17.3 Å². The van der Waals surface area contributed by atoms with Gasteiger partial charge in [-0.05, 0) is 37.3 Å². The number of carbonyl (C=O) groups excluding carboxylic acids is 2. The van der Waals surface area contributed by atoms with Crippen molar-refractivity contribution in [2.45, 2.75) is 13.3 Å². The molecule has 4 rings (SSSR count). The van der Waals surface area contributed by atoms with Gasteiger partial charge in [0.25, 0.3) is 5.91 Å². The van der Waals surface area contributed by atoms with Crippen molar-refractivity contribution in [2.75, 3.05) is 0 Å². The number of H-pyrrole nitrogens is 1. The van der Waals surface area contributed by atoms with E-state index in [1.807, 2.05) is 25.1 Å². The minimum Gasteiger partial charge on any atom is -0.493 e. The van der Waals surface area contributed by atoms with Gasteiger partial charge in [0.1, 0.15) is 0 Å². The molecule has 0 aliphatic rings. The van der Waals surface area contributed by atoms with Crippen LogP contribution in [0.15, 0.2) is 69.3 Å². The van der Waals surface area contributed by atoms with Crippen molar-refractivity contribution >= 4 is 44.2 Å². The summed E-state index contributed by atoms with van der Waals surface area (Å²) in [5.74, 6) is -0.758. The largest absolute Gasteiger partial charge is 0.493 e. The van der Waals surface area contributed by atoms with Crippen LogP contribution in [0, 0.1) is 6.92 Å². The lowest BCUT2D eigenvalue weighted by atomic mass is 10.1. The van der Waals surface area contributed by atoms with Crippen LogP contribution in [-0.4, -0.2) is 26.3 Å². The molecule has 0 aliphatic heterocycles. The Bertz CT molecular complexity index is 1330. The second-order valence-corrected chi connectivity index (χ2v) is 8.16. The second-order valence-electron chi connectivity index (χ2n) is 7.25. The molecule has 8 heteroatoms. The van der Waals surface area contributed by atoms with Gasteiger partial charge in [0.15, 0.2) is 5.69 Å². The number of hydrogen-bond donors (Lipinski definition) is 2. The Hall–Kier alpha value is -3.52. The number of fused-ring (bicyclic) bond motifs is 1. The van der Waals surface area contributed by atoms with Crippen LogP contribution in [0.2, 0.25) is 0 Å². The van der Waals surface area contributed by atoms with Gasteiger partial charge in [-0.15, -0.1) is 10.2 Å². The molecular weight excluding hydrogens is 460 g/mol. The molecule has 0 saturated heterocycles. The van der Waals surface area contributed by atoms with Crippen molar-refractivity contribution in [1.29, 1.82) is 0 Å². The Labute approximate surface area is 186 Å². The highest BCUT2D eigenvalue weighted by molar-refractivity contribution is 9.10. The van der Waals surface area contributed by atoms with Crippen LogP contribution < -0.4 is 0 Å². The number of azo groups is 1. The van der Waals surface area contributed by atoms with Crippen LogP contribution in [0.25, 0.3) is 10.9 Å². The molecule has 2 aromatic heterocycles. The zero-order chi connectivity index (χ0) is 22.1. The molecule has 4 aromatic rings. The molecule has 0 unspecified atom stereocenters. The summed E-state index contributed by atoms with van der Waals surface area (Å²) in [5, 5.41) is 18.4. The first-order chi connectivity index (χ1) is 14.8. The molecule has 0 aliphatic carbocycles. The van der Waals surface area contributed by atoms with Gasteiger partial charge in [-0.3, -0.25) is 9.59 Å². The molecule has 2 heterocycles. The summed E-state index contributed by atoms with van der Waals surface area (Å²) >= 11 is 3.38. The van der Waals surface area contributed by atoms with Crippen LogP contribution in [0.1, 0.15) is 27.3 Å². The number of aryl methyl sites for hydroxylation is 1. The quantitative estimate of drug-likeness (QED) is 0.298. The number of carbonyl (C=O) groups is 2. The van der Waals surface area contributed by atoms with E-state index in [1.54, 1.807) is 48.0 Å². The SMILES string of the molecule is Cc1ccc(C(=O)c2ccc(CC(=O)N=Nc3c(O)[nH]c4ccc(Br)cc34)n2C)cc1. The Kier molecular flexibility index (Phi) is 5.56. The molecule has 0 radical (unpaired) electrons. The number of benzene rings is 2. The summed E-state index contributed by atoms with van der Waals surface area (Å²) < 4.78 is 2.51. The lowest BCUT2D eigenvalue weighted by Crippen LogP contribution is -2.11. The van der Waals surface area contributed by atoms with Crippen molar-refractivity contribution in [3.05, 3.63) is 81.6 Å². The molecule has 2 aromatic carbocycles. The molecule has 0 bridgehead atoms. The molecule has 156 valence electrons. The zero-order valence-corrected chi connectivity index (χ0v) is 18.5. The molecule has 0 atom stereocenters. The number of aromatic nitrogens is 2. The minimum absolute atomic E-state index is 0.0199. The fraction of sp³-hybridized carbons (Fsp3) is 0.130. The van der Waals surface area contributed by atoms with E-state index < -0.39 is 5.91 Å². The van der Waals surface area contributed by atoms with Crippen LogP contribution in [0.4, 0.5) is 5.69 Å². The van der Waals surface area contributed by atoms with Crippen LogP contribution in [-0.2, 0) is 18.3 Å². The average Bonchev–Trinajstić information content (AvgIpc) is 3.25. The number of aromatic hydroxyl groups is 1. The first-order valence-electron chi connectivity index (χ1n) is 9.54. The highest BCUT2D eigenvalue weighted by atomic mass is 79.9. The third-order valence-electron chi connectivity index (χ3n) is 5.08. The molecule has 0 fully saturated rings. The van der Waals surface area contributed by atoms with E-state index in [0.29, 0.717) is 27.9 Å². The first kappa shape index (κ1) is 20.7. The summed E-state index contributed by atoms with van der Waals surface area (Å²) in [7, 11) is 1.74. The lowest BCUT2D eigenvalue weighted by Gasteiger charge is -2.06. The summed E-state index contributed by atoms with van der Waals surface area (Å²) in [4.78, 5) is 28.0. The Morgan fingerprint density at radius 3 is 2.58 bits per heavy atom. The van der Waals surface area contributed by atoms with Gasteiger partial charge >= 0.3 is 0 Å². The van der Waals surface area contributed by atoms with E-state index in [9.17, 15) is 14.7 Å². The maximum absolute atomic E-state index is 12.8. The third kappa shape index (κ3) is 4.20. The van der Waals surface area contributed by atoms with Crippen molar-refractivity contribution in [1.82, 2.24) is 9.55 Å². The summed E-state index contributed by atoms with van der Waals surface area (Å²) in [6, 6.07) is 16.2. The Morgan fingerprint density at radius 1 is 1.10 bits per heavy atom. The van der Waals surface area contributed by atoms with Crippen LogP contribution >= 0.6 is 15.9 Å². The standard InChI is InChI=1S/C23H19BrN4O3/c1-13-3-5-14(6-4-13)22(30)19-10-8-16(28(19)2)12-20(29)26-27-21-17-11-15(24)7-9-18(17)25-23(21)31/h3-11,25,31H,12H2,1-2H3. The normalized spacial score (nSPS) is 11.5. The molecule has 0 saturated carbocycles. The number of rotatable bonds is 5. The fourth-order valence-electron chi connectivity index (χ4n) is 3.34. The van der Waals surface area contributed by atoms with Gasteiger partial charge in [0.05, 0.1) is 17.6 Å². The molecule has 0 spiro atoms. The van der Waals surface area contributed by atoms with Crippen LogP contribution in [0.3, 0.4) is 0 Å². The highest BCUT2D eigenvalue weighted by Crippen LogP contribution is 2.36. The molecule has 1 amide bonds. The van der Waals surface area contributed by atoms with Gasteiger partial charge < -0.3 is 14.7 Å². The van der Waals surface area contributed by atoms with E-state index in [1.165, 1.54) is 0 Å². The fourth-order valence-corrected chi connectivity index (χ4v) is 3.71. The lowest BCUT2D eigenvalue weighted by molar-refractivity contribution is -0.117. The summed E-state index contributed by atoms with van der Waals surface area (Å²) in [6.07, 6.45) is -0.0199. The molecule has 7 nitrogen and oxygen atoms in total. The third-order valence-corrected chi connectivity index (χ3v) is 5.57. The van der Waals surface area contributed by atoms with Crippen molar-refractivity contribution in [3.63, 3.8) is 0 Å². The maximum atomic E-state index is 12.8. The smallest absolute Gasteiger partial charge is 0.270 e. The van der Waals surface area contributed by atoms with E-state index >= 15 is 0 Å². The van der Waals surface area contributed by atoms with Gasteiger partial charge in [0.2, 0.25) is 11.7 Å². The maximum Gasteiger partial charge on any atom is 0.270 e. The van der Waals surface area contributed by atoms with Gasteiger partial charge in [-0.1, -0.05) is 45.8 Å². The van der Waals surface area contributed by atoms with E-state index in [0.717, 1.165) is 10.0 Å². The van der Waals surface area contributed by atoms with Gasteiger partial charge in [-0.25, -0.2) is 0 Å². The summed E-state index contributed by atoms with van der Waals surface area (Å²) in [5.41, 5.74) is 3.68. The topological polar surface area (TPSA) is 99.8 Å². The zero-order valence-electron chi connectivity index (χ0n) is 16.9. The minimum atomic E-state index is -0.487. The number of amides is 1. The number of halogens is 1. The number of nitrogens with zero attached hydrogens (tertiary/aromatic N) is 3. The first-order valence-corrected chi connectivity index (χ1v) is 10.3. The van der Waals surface area contributed by atoms with E-state index in [4.69, 9.17) is 0 Å². The molecule has 31 heavy (non-hydrogen) atoms. The summed E-state index contributed by atoms with van der Waals surface area (Å²) in [6.45, 7) is 1.96. The monoisotopic (exact) mass is 478 g/mol. The predicted octanol–water partition coefficient (Wildman–Crippen LogP) is 5.37. The average molecular weight is 479 g/mol. The Morgan fingerprint density at radius 2 is 1.84 bits per heavy atom. The van der Waals surface area contributed by atoms with Crippen molar-refractivity contribution in [3.8, 4) is 5.88 Å². The van der Waals surface area contributed by atoms with Crippen LogP contribution in [0.5, 0.6) is 5.88 Å². The van der Waals surface area contributed by atoms with E-state index in [2.05, 4.69) is 31.1 Å². The van der Waals surface area contributed by atoms with Gasteiger partial charge in [-0.2, -0.15) is 0 Å². The second kappa shape index (κ2) is 8.31. The molecular formula is C23H19BrN4O3. The number of hydrogen-bond acceptors (Lipinski definition) is 4. The number of nitrogens with one attached hydrogen (secondary N) is 1. The number of aromatic amines is 1. The predicted molar refractivity (Wildman–Crippen MR) is 121 cm³/mol. The Balaban J connectivity index is 1.52. The van der Waals surface area contributed by atoms with Gasteiger partial charge in [0, 0.05) is 28.2 Å². The molecule has 2 N–H and O–H groups in total. The van der Waals surface area contributed by atoms with Crippen molar-refractivity contribution < 1.29 is 14.7 Å². The number of ketones is 1. The van der Waals surface area contributed by atoms with E-state index in [-0.39, 0.29) is 23.8 Å². The highest BCUT2D eigenvalue weighted by Gasteiger charge is 2.17.